The minimum absolute atomic E-state index is 0.0473. The first-order valence-corrected chi connectivity index (χ1v) is 6.16. The van der Waals surface area contributed by atoms with Gasteiger partial charge in [-0.15, -0.1) is 0 Å². The zero-order valence-electron chi connectivity index (χ0n) is 11.9. The summed E-state index contributed by atoms with van der Waals surface area (Å²) in [5, 5.41) is 20.0. The number of ether oxygens (including phenoxy) is 1. The maximum Gasteiger partial charge on any atom is 0.326 e. The van der Waals surface area contributed by atoms with E-state index in [1.54, 1.807) is 6.92 Å². The smallest absolute Gasteiger partial charge is 0.326 e. The Bertz CT molecular complexity index is 572. The molecule has 0 saturated carbocycles. The van der Waals surface area contributed by atoms with Crippen LogP contribution in [0.3, 0.4) is 0 Å². The van der Waals surface area contributed by atoms with Crippen LogP contribution in [0.4, 0.5) is 5.69 Å². The number of nitro benzene ring substituents is 1. The molecular formula is C13H16N2O6. The zero-order chi connectivity index (χ0) is 16.2. The lowest BCUT2D eigenvalue weighted by Gasteiger charge is -2.24. The Balaban J connectivity index is 3.27. The van der Waals surface area contributed by atoms with Crippen LogP contribution in [0.1, 0.15) is 23.7 Å². The average Bonchev–Trinajstić information content (AvgIpc) is 2.45. The van der Waals surface area contributed by atoms with Crippen molar-refractivity contribution in [2.24, 2.45) is 0 Å². The third kappa shape index (κ3) is 3.28. The molecule has 114 valence electrons. The molecule has 21 heavy (non-hydrogen) atoms. The molecule has 0 fully saturated rings. The second-order valence-corrected chi connectivity index (χ2v) is 4.29. The van der Waals surface area contributed by atoms with E-state index in [1.165, 1.54) is 32.4 Å². The number of para-hydroxylation sites is 1. The number of carbonyl (C=O) groups is 2. The quantitative estimate of drug-likeness (QED) is 0.629. The maximum absolute atomic E-state index is 12.4. The summed E-state index contributed by atoms with van der Waals surface area (Å²) in [6, 6.07) is 2.91. The number of likely N-dealkylation sites (N-methyl/N-ethyl adjacent to an activating group) is 1. The van der Waals surface area contributed by atoms with Crippen LogP contribution in [0, 0.1) is 10.1 Å². The number of carboxylic acid groups (broad SMARTS) is 1. The molecule has 8 nitrogen and oxygen atoms in total. The predicted octanol–water partition coefficient (Wildman–Crippen LogP) is 1.54. The summed E-state index contributed by atoms with van der Waals surface area (Å²) in [4.78, 5) is 34.8. The summed E-state index contributed by atoms with van der Waals surface area (Å²) >= 11 is 0. The fourth-order valence-corrected chi connectivity index (χ4v) is 2.00. The molecule has 0 aromatic heterocycles. The molecule has 0 radical (unpaired) electrons. The number of amides is 1. The molecule has 0 aliphatic carbocycles. The monoisotopic (exact) mass is 296 g/mol. The van der Waals surface area contributed by atoms with Gasteiger partial charge in [-0.25, -0.2) is 4.79 Å². The van der Waals surface area contributed by atoms with Crippen molar-refractivity contribution in [1.82, 2.24) is 4.90 Å². The van der Waals surface area contributed by atoms with Crippen molar-refractivity contribution in [3.8, 4) is 5.75 Å². The van der Waals surface area contributed by atoms with Crippen molar-refractivity contribution in [1.29, 1.82) is 0 Å². The number of nitrogens with zero attached hydrogens (tertiary/aromatic N) is 2. The van der Waals surface area contributed by atoms with Crippen LogP contribution in [-0.2, 0) is 4.79 Å². The number of hydrogen-bond acceptors (Lipinski definition) is 5. The second-order valence-electron chi connectivity index (χ2n) is 4.29. The number of aliphatic carboxylic acids is 1. The van der Waals surface area contributed by atoms with E-state index in [-0.39, 0.29) is 23.4 Å². The fraction of sp³-hybridized carbons (Fsp3) is 0.385. The summed E-state index contributed by atoms with van der Waals surface area (Å²) in [5.74, 6) is -1.97. The Morgan fingerprint density at radius 2 is 2.10 bits per heavy atom. The third-order valence-electron chi connectivity index (χ3n) is 3.09. The molecule has 0 spiro atoms. The van der Waals surface area contributed by atoms with Gasteiger partial charge in [0.15, 0.2) is 0 Å². The number of rotatable bonds is 6. The maximum atomic E-state index is 12.4. The number of methoxy groups -OCH3 is 1. The largest absolute Gasteiger partial charge is 0.490 e. The Labute approximate surface area is 121 Å². The molecule has 0 heterocycles. The van der Waals surface area contributed by atoms with E-state index >= 15 is 0 Å². The Morgan fingerprint density at radius 1 is 1.48 bits per heavy atom. The highest BCUT2D eigenvalue weighted by molar-refractivity contribution is 5.99. The van der Waals surface area contributed by atoms with Crippen LogP contribution < -0.4 is 4.74 Å². The van der Waals surface area contributed by atoms with E-state index in [1.807, 2.05) is 0 Å². The highest BCUT2D eigenvalue weighted by atomic mass is 16.6. The highest BCUT2D eigenvalue weighted by Gasteiger charge is 2.30. The molecule has 1 atom stereocenters. The van der Waals surface area contributed by atoms with Gasteiger partial charge in [0, 0.05) is 13.1 Å². The summed E-state index contributed by atoms with van der Waals surface area (Å²) in [6.07, 6.45) is 0.217. The Kier molecular flexibility index (Phi) is 5.23. The zero-order valence-corrected chi connectivity index (χ0v) is 11.9. The number of hydrogen-bond donors (Lipinski definition) is 1. The third-order valence-corrected chi connectivity index (χ3v) is 3.09. The van der Waals surface area contributed by atoms with Gasteiger partial charge in [-0.1, -0.05) is 13.0 Å². The van der Waals surface area contributed by atoms with Crippen LogP contribution >= 0.6 is 0 Å². The van der Waals surface area contributed by atoms with Gasteiger partial charge in [-0.3, -0.25) is 14.9 Å². The van der Waals surface area contributed by atoms with Crippen LogP contribution in [0.2, 0.25) is 0 Å². The topological polar surface area (TPSA) is 110 Å². The van der Waals surface area contributed by atoms with Crippen molar-refractivity contribution in [2.45, 2.75) is 19.4 Å². The SMILES string of the molecule is CCC(C(=O)O)N(C)C(=O)c1cccc([N+](=O)[O-])c1OC. The van der Waals surface area contributed by atoms with Crippen LogP contribution in [-0.4, -0.2) is 47.0 Å². The first-order chi connectivity index (χ1) is 9.84. The minimum atomic E-state index is -1.14. The molecule has 0 bridgehead atoms. The molecule has 1 N–H and O–H groups in total. The molecule has 0 aliphatic rings. The summed E-state index contributed by atoms with van der Waals surface area (Å²) in [7, 11) is 2.55. The number of nitro groups is 1. The lowest BCUT2D eigenvalue weighted by Crippen LogP contribution is -2.42. The number of benzene rings is 1. The van der Waals surface area contributed by atoms with Gasteiger partial charge in [0.05, 0.1) is 17.6 Å². The van der Waals surface area contributed by atoms with E-state index in [0.717, 1.165) is 4.90 Å². The molecule has 1 rings (SSSR count). The average molecular weight is 296 g/mol. The van der Waals surface area contributed by atoms with Crippen molar-refractivity contribution in [2.75, 3.05) is 14.2 Å². The standard InChI is InChI=1S/C13H16N2O6/c1-4-9(13(17)18)14(2)12(16)8-6-5-7-10(15(19)20)11(8)21-3/h5-7,9H,4H2,1-3H3,(H,17,18). The molecule has 0 aliphatic heterocycles. The normalized spacial score (nSPS) is 11.6. The van der Waals surface area contributed by atoms with Crippen molar-refractivity contribution in [3.05, 3.63) is 33.9 Å². The molecule has 1 aromatic carbocycles. The molecule has 1 aromatic rings. The number of carbonyl (C=O) groups excluding carboxylic acids is 1. The van der Waals surface area contributed by atoms with Crippen molar-refractivity contribution >= 4 is 17.6 Å². The molecular weight excluding hydrogens is 280 g/mol. The minimum Gasteiger partial charge on any atom is -0.490 e. The summed E-state index contributed by atoms with van der Waals surface area (Å²) in [6.45, 7) is 1.63. The van der Waals surface area contributed by atoms with E-state index < -0.39 is 22.8 Å². The Hall–Kier alpha value is -2.64. The van der Waals surface area contributed by atoms with Gasteiger partial charge in [0.25, 0.3) is 5.91 Å². The molecule has 8 heteroatoms. The van der Waals surface area contributed by atoms with Gasteiger partial charge in [-0.05, 0) is 12.5 Å². The fourth-order valence-electron chi connectivity index (χ4n) is 2.00. The van der Waals surface area contributed by atoms with Gasteiger partial charge in [0.2, 0.25) is 5.75 Å². The lowest BCUT2D eigenvalue weighted by atomic mass is 10.1. The molecule has 1 unspecified atom stereocenters. The summed E-state index contributed by atoms with van der Waals surface area (Å²) < 4.78 is 4.95. The van der Waals surface area contributed by atoms with Crippen molar-refractivity contribution in [3.63, 3.8) is 0 Å². The van der Waals surface area contributed by atoms with Gasteiger partial charge >= 0.3 is 11.7 Å². The van der Waals surface area contributed by atoms with Crippen LogP contribution in [0.25, 0.3) is 0 Å². The van der Waals surface area contributed by atoms with Crippen LogP contribution in [0.15, 0.2) is 18.2 Å². The van der Waals surface area contributed by atoms with E-state index in [4.69, 9.17) is 9.84 Å². The van der Waals surface area contributed by atoms with Gasteiger partial charge in [-0.2, -0.15) is 0 Å². The first kappa shape index (κ1) is 16.4. The lowest BCUT2D eigenvalue weighted by molar-refractivity contribution is -0.385. The highest BCUT2D eigenvalue weighted by Crippen LogP contribution is 2.31. The van der Waals surface area contributed by atoms with E-state index in [2.05, 4.69) is 0 Å². The number of carboxylic acids is 1. The molecule has 1 amide bonds. The predicted molar refractivity (Wildman–Crippen MR) is 73.5 cm³/mol. The summed E-state index contributed by atoms with van der Waals surface area (Å²) in [5.41, 5.74) is -0.394. The van der Waals surface area contributed by atoms with Crippen molar-refractivity contribution < 1.29 is 24.4 Å². The van der Waals surface area contributed by atoms with Gasteiger partial charge in [0.1, 0.15) is 6.04 Å². The molecule has 0 saturated heterocycles. The second kappa shape index (κ2) is 6.69. The van der Waals surface area contributed by atoms with Crippen LogP contribution in [0.5, 0.6) is 5.75 Å². The first-order valence-electron chi connectivity index (χ1n) is 6.16. The van der Waals surface area contributed by atoms with E-state index in [9.17, 15) is 19.7 Å². The van der Waals surface area contributed by atoms with Gasteiger partial charge < -0.3 is 14.7 Å². The van der Waals surface area contributed by atoms with E-state index in [0.29, 0.717) is 0 Å². The Morgan fingerprint density at radius 3 is 2.52 bits per heavy atom.